The van der Waals surface area contributed by atoms with Gasteiger partial charge in [-0.05, 0) is 37.5 Å². The van der Waals surface area contributed by atoms with Gasteiger partial charge in [0.05, 0.1) is 6.61 Å². The summed E-state index contributed by atoms with van der Waals surface area (Å²) in [4.78, 5) is 0. The summed E-state index contributed by atoms with van der Waals surface area (Å²) < 4.78 is 11.0. The van der Waals surface area contributed by atoms with Gasteiger partial charge in [-0.25, -0.2) is 0 Å². The van der Waals surface area contributed by atoms with Crippen LogP contribution in [0.25, 0.3) is 6.08 Å². The summed E-state index contributed by atoms with van der Waals surface area (Å²) in [7, 11) is 0. The zero-order valence-corrected chi connectivity index (χ0v) is 14.1. The number of hydrogen-bond acceptors (Lipinski definition) is 2. The van der Waals surface area contributed by atoms with E-state index in [1.54, 1.807) is 0 Å². The van der Waals surface area contributed by atoms with Gasteiger partial charge >= 0.3 is 0 Å². The molecule has 122 valence electrons. The summed E-state index contributed by atoms with van der Waals surface area (Å²) in [5, 5.41) is 0. The summed E-state index contributed by atoms with van der Waals surface area (Å²) in [6.07, 6.45) is 13.8. The van der Waals surface area contributed by atoms with Gasteiger partial charge in [0.25, 0.3) is 0 Å². The monoisotopic (exact) mass is 302 g/mol. The lowest BCUT2D eigenvalue weighted by Crippen LogP contribution is -2.16. The number of benzene rings is 1. The Morgan fingerprint density at radius 1 is 1.09 bits per heavy atom. The van der Waals surface area contributed by atoms with E-state index in [1.807, 2.05) is 12.1 Å². The normalized spacial score (nSPS) is 20.5. The van der Waals surface area contributed by atoms with Gasteiger partial charge in [-0.1, -0.05) is 63.3 Å². The molecule has 2 heteroatoms. The molecule has 0 saturated carbocycles. The minimum Gasteiger partial charge on any atom is -0.491 e. The van der Waals surface area contributed by atoms with Crippen LogP contribution in [-0.2, 0) is 4.74 Å². The van der Waals surface area contributed by atoms with Gasteiger partial charge in [0.1, 0.15) is 18.0 Å². The van der Waals surface area contributed by atoms with Gasteiger partial charge in [-0.3, -0.25) is 0 Å². The molecule has 1 aliphatic heterocycles. The third-order valence-corrected chi connectivity index (χ3v) is 4.10. The van der Waals surface area contributed by atoms with E-state index in [-0.39, 0.29) is 5.60 Å². The molecule has 1 fully saturated rings. The van der Waals surface area contributed by atoms with E-state index >= 15 is 0 Å². The van der Waals surface area contributed by atoms with Gasteiger partial charge in [0.2, 0.25) is 0 Å². The van der Waals surface area contributed by atoms with Gasteiger partial charge < -0.3 is 9.47 Å². The van der Waals surface area contributed by atoms with Crippen LogP contribution < -0.4 is 4.74 Å². The number of rotatable bonds is 11. The molecule has 0 aliphatic carbocycles. The molecule has 1 unspecified atom stereocenters. The summed E-state index contributed by atoms with van der Waals surface area (Å²) in [5.74, 6) is 0.921. The second-order valence-corrected chi connectivity index (χ2v) is 6.56. The Kier molecular flexibility index (Phi) is 6.98. The molecule has 1 saturated heterocycles. The number of epoxide rings is 1. The Morgan fingerprint density at radius 3 is 2.45 bits per heavy atom. The largest absolute Gasteiger partial charge is 0.491 e. The zero-order chi connectivity index (χ0) is 15.7. The van der Waals surface area contributed by atoms with Gasteiger partial charge in [0.15, 0.2) is 0 Å². The highest BCUT2D eigenvalue weighted by Gasteiger charge is 2.40. The Balaban J connectivity index is 1.60. The van der Waals surface area contributed by atoms with Crippen molar-refractivity contribution < 1.29 is 9.47 Å². The van der Waals surface area contributed by atoms with Crippen molar-refractivity contribution in [1.82, 2.24) is 0 Å². The van der Waals surface area contributed by atoms with Gasteiger partial charge in [0, 0.05) is 0 Å². The Labute approximate surface area is 135 Å². The predicted octanol–water partition coefficient (Wildman–Crippen LogP) is 5.62. The second kappa shape index (κ2) is 8.99. The fourth-order valence-electron chi connectivity index (χ4n) is 2.38. The van der Waals surface area contributed by atoms with Crippen molar-refractivity contribution >= 4 is 6.08 Å². The standard InChI is InChI=1S/C20H30O2/c1-3-4-5-6-7-8-9-10-11-18-12-14-19(15-13-18)21-16-20(2)17-22-20/h10-15H,3-9,16-17H2,1-2H3/b11-10+. The van der Waals surface area contributed by atoms with Crippen molar-refractivity contribution in [1.29, 1.82) is 0 Å². The minimum absolute atomic E-state index is 0.0459. The van der Waals surface area contributed by atoms with Crippen LogP contribution in [0.1, 0.15) is 64.4 Å². The smallest absolute Gasteiger partial charge is 0.123 e. The van der Waals surface area contributed by atoms with Crippen LogP contribution in [0, 0.1) is 0 Å². The van der Waals surface area contributed by atoms with Crippen LogP contribution >= 0.6 is 0 Å². The fourth-order valence-corrected chi connectivity index (χ4v) is 2.38. The lowest BCUT2D eigenvalue weighted by atomic mass is 10.1. The summed E-state index contributed by atoms with van der Waals surface area (Å²) in [6, 6.07) is 8.30. The molecule has 2 nitrogen and oxygen atoms in total. The summed E-state index contributed by atoms with van der Waals surface area (Å²) in [6.45, 7) is 5.79. The van der Waals surface area contributed by atoms with E-state index in [0.717, 1.165) is 12.4 Å². The number of unbranched alkanes of at least 4 members (excludes halogenated alkanes) is 6. The first-order valence-electron chi connectivity index (χ1n) is 8.75. The summed E-state index contributed by atoms with van der Waals surface area (Å²) >= 11 is 0. The number of allylic oxidation sites excluding steroid dienone is 1. The molecule has 0 N–H and O–H groups in total. The molecule has 22 heavy (non-hydrogen) atoms. The van der Waals surface area contributed by atoms with Gasteiger partial charge in [-0.2, -0.15) is 0 Å². The molecule has 1 aromatic rings. The lowest BCUT2D eigenvalue weighted by molar-refractivity contribution is 0.202. The minimum atomic E-state index is -0.0459. The Morgan fingerprint density at radius 2 is 1.77 bits per heavy atom. The molecule has 1 aromatic carbocycles. The highest BCUT2D eigenvalue weighted by atomic mass is 16.6. The van der Waals surface area contributed by atoms with Crippen LogP contribution in [-0.4, -0.2) is 18.8 Å². The van der Waals surface area contributed by atoms with Crippen LogP contribution in [0.4, 0.5) is 0 Å². The molecule has 1 aliphatic rings. The van der Waals surface area contributed by atoms with Crippen LogP contribution in [0.3, 0.4) is 0 Å². The molecule has 0 spiro atoms. The van der Waals surface area contributed by atoms with E-state index in [4.69, 9.17) is 9.47 Å². The van der Waals surface area contributed by atoms with Crippen molar-refractivity contribution in [2.24, 2.45) is 0 Å². The van der Waals surface area contributed by atoms with Gasteiger partial charge in [-0.15, -0.1) is 0 Å². The molecule has 0 amide bonds. The molecule has 0 aromatic heterocycles. The van der Waals surface area contributed by atoms with Crippen molar-refractivity contribution in [3.63, 3.8) is 0 Å². The van der Waals surface area contributed by atoms with Crippen molar-refractivity contribution in [2.45, 2.75) is 64.4 Å². The maximum atomic E-state index is 5.73. The van der Waals surface area contributed by atoms with Crippen molar-refractivity contribution in [2.75, 3.05) is 13.2 Å². The molecule has 2 rings (SSSR count). The molecule has 0 bridgehead atoms. The average Bonchev–Trinajstić information content (AvgIpc) is 3.27. The quantitative estimate of drug-likeness (QED) is 0.391. The predicted molar refractivity (Wildman–Crippen MR) is 93.3 cm³/mol. The van der Waals surface area contributed by atoms with E-state index in [2.05, 4.69) is 38.1 Å². The molecular weight excluding hydrogens is 272 g/mol. The first kappa shape index (κ1) is 17.1. The third-order valence-electron chi connectivity index (χ3n) is 4.10. The fraction of sp³-hybridized carbons (Fsp3) is 0.600. The van der Waals surface area contributed by atoms with Crippen molar-refractivity contribution in [3.05, 3.63) is 35.9 Å². The zero-order valence-electron chi connectivity index (χ0n) is 14.1. The van der Waals surface area contributed by atoms with E-state index in [0.29, 0.717) is 6.61 Å². The number of hydrogen-bond donors (Lipinski definition) is 0. The van der Waals surface area contributed by atoms with E-state index in [9.17, 15) is 0 Å². The molecule has 1 heterocycles. The van der Waals surface area contributed by atoms with Crippen LogP contribution in [0.15, 0.2) is 30.3 Å². The first-order valence-corrected chi connectivity index (χ1v) is 8.75. The topological polar surface area (TPSA) is 21.8 Å². The Hall–Kier alpha value is -1.28. The second-order valence-electron chi connectivity index (χ2n) is 6.56. The van der Waals surface area contributed by atoms with Crippen LogP contribution in [0.5, 0.6) is 5.75 Å². The number of ether oxygens (including phenoxy) is 2. The third kappa shape index (κ3) is 6.65. The van der Waals surface area contributed by atoms with E-state index in [1.165, 1.54) is 50.5 Å². The maximum absolute atomic E-state index is 5.73. The summed E-state index contributed by atoms with van der Waals surface area (Å²) in [5.41, 5.74) is 1.20. The Bertz CT molecular complexity index is 443. The average molecular weight is 302 g/mol. The molecule has 0 radical (unpaired) electrons. The first-order chi connectivity index (χ1) is 10.7. The highest BCUT2D eigenvalue weighted by molar-refractivity contribution is 5.50. The maximum Gasteiger partial charge on any atom is 0.123 e. The van der Waals surface area contributed by atoms with E-state index < -0.39 is 0 Å². The SMILES string of the molecule is CCCCCCCC/C=C/c1ccc(OCC2(C)CO2)cc1. The molecular formula is C20H30O2. The highest BCUT2D eigenvalue weighted by Crippen LogP contribution is 2.27. The molecule has 1 atom stereocenters. The lowest BCUT2D eigenvalue weighted by Gasteiger charge is -2.08. The van der Waals surface area contributed by atoms with Crippen LogP contribution in [0.2, 0.25) is 0 Å². The van der Waals surface area contributed by atoms with Crippen molar-refractivity contribution in [3.8, 4) is 5.75 Å².